The van der Waals surface area contributed by atoms with Crippen LogP contribution in [0.3, 0.4) is 0 Å². The first-order valence-electron chi connectivity index (χ1n) is 5.17. The zero-order valence-corrected chi connectivity index (χ0v) is 8.80. The topological polar surface area (TPSA) is 52.8 Å². The lowest BCUT2D eigenvalue weighted by Gasteiger charge is -2.15. The molecule has 1 aliphatic rings. The Morgan fingerprint density at radius 2 is 2.53 bits per heavy atom. The van der Waals surface area contributed by atoms with E-state index < -0.39 is 0 Å². The summed E-state index contributed by atoms with van der Waals surface area (Å²) < 4.78 is 0. The predicted molar refractivity (Wildman–Crippen MR) is 56.0 cm³/mol. The Balaban J connectivity index is 2.15. The zero-order chi connectivity index (χ0) is 10.7. The van der Waals surface area contributed by atoms with Gasteiger partial charge in [0.1, 0.15) is 0 Å². The molecule has 0 amide bonds. The monoisotopic (exact) mass is 202 g/mol. The maximum Gasteiger partial charge on any atom is 0.0944 e. The number of likely N-dealkylation sites (tertiary alicyclic amines) is 1. The van der Waals surface area contributed by atoms with Crippen molar-refractivity contribution in [1.82, 2.24) is 15.1 Å². The fourth-order valence-corrected chi connectivity index (χ4v) is 2.13. The Labute approximate surface area is 89.5 Å². The number of nitrogens with zero attached hydrogens (tertiary/aromatic N) is 4. The molecule has 2 heterocycles. The molecule has 0 aliphatic carbocycles. The molecule has 0 spiro atoms. The smallest absolute Gasteiger partial charge is 0.0944 e. The minimum absolute atomic E-state index is 0.108. The van der Waals surface area contributed by atoms with Crippen LogP contribution in [0.2, 0.25) is 0 Å². The second kappa shape index (κ2) is 4.37. The van der Waals surface area contributed by atoms with Gasteiger partial charge < -0.3 is 4.90 Å². The molecule has 1 aliphatic heterocycles. The van der Waals surface area contributed by atoms with Crippen molar-refractivity contribution in [2.75, 3.05) is 20.1 Å². The molecule has 0 N–H and O–H groups in total. The van der Waals surface area contributed by atoms with Crippen molar-refractivity contribution in [2.24, 2.45) is 5.92 Å². The van der Waals surface area contributed by atoms with Crippen LogP contribution in [0.1, 0.15) is 18.0 Å². The van der Waals surface area contributed by atoms with Gasteiger partial charge in [-0.05, 0) is 38.1 Å². The third kappa shape index (κ3) is 2.13. The van der Waals surface area contributed by atoms with Gasteiger partial charge in [0.05, 0.1) is 17.7 Å². The average molecular weight is 202 g/mol. The molecule has 0 saturated carbocycles. The van der Waals surface area contributed by atoms with Gasteiger partial charge in [-0.3, -0.25) is 0 Å². The molecule has 4 heteroatoms. The summed E-state index contributed by atoms with van der Waals surface area (Å²) in [6, 6.07) is 6.08. The van der Waals surface area contributed by atoms with Crippen molar-refractivity contribution in [3.8, 4) is 6.07 Å². The van der Waals surface area contributed by atoms with Crippen LogP contribution in [0.25, 0.3) is 0 Å². The summed E-state index contributed by atoms with van der Waals surface area (Å²) in [4.78, 5) is 2.26. The minimum Gasteiger partial charge on any atom is -0.306 e. The lowest BCUT2D eigenvalue weighted by molar-refractivity contribution is 0.385. The standard InChI is InChI=1S/C11H14N4/c1-15-6-4-9(8-15)10(7-12)11-3-2-5-13-14-11/h2-3,5,9-10H,4,6,8H2,1H3. The van der Waals surface area contributed by atoms with E-state index in [4.69, 9.17) is 0 Å². The van der Waals surface area contributed by atoms with Crippen LogP contribution in [0.4, 0.5) is 0 Å². The summed E-state index contributed by atoms with van der Waals surface area (Å²) in [6.45, 7) is 2.05. The lowest BCUT2D eigenvalue weighted by atomic mass is 9.90. The molecular weight excluding hydrogens is 188 g/mol. The molecule has 2 rings (SSSR count). The van der Waals surface area contributed by atoms with Gasteiger partial charge in [-0.1, -0.05) is 0 Å². The zero-order valence-electron chi connectivity index (χ0n) is 8.80. The van der Waals surface area contributed by atoms with Crippen molar-refractivity contribution in [3.05, 3.63) is 24.0 Å². The van der Waals surface area contributed by atoms with E-state index in [2.05, 4.69) is 28.2 Å². The van der Waals surface area contributed by atoms with Crippen molar-refractivity contribution in [3.63, 3.8) is 0 Å². The molecule has 78 valence electrons. The van der Waals surface area contributed by atoms with Crippen molar-refractivity contribution < 1.29 is 0 Å². The number of hydrogen-bond acceptors (Lipinski definition) is 4. The fraction of sp³-hybridized carbons (Fsp3) is 0.545. The summed E-state index contributed by atoms with van der Waals surface area (Å²) >= 11 is 0. The lowest BCUT2D eigenvalue weighted by Crippen LogP contribution is -2.18. The molecule has 1 aromatic heterocycles. The first-order valence-corrected chi connectivity index (χ1v) is 5.17. The van der Waals surface area contributed by atoms with Crippen LogP contribution in [0.5, 0.6) is 0 Å². The molecule has 1 saturated heterocycles. The van der Waals surface area contributed by atoms with E-state index in [9.17, 15) is 5.26 Å². The maximum absolute atomic E-state index is 9.19. The first kappa shape index (κ1) is 10.1. The summed E-state index contributed by atoms with van der Waals surface area (Å²) in [7, 11) is 2.09. The summed E-state index contributed by atoms with van der Waals surface area (Å²) in [5.74, 6) is 0.292. The van der Waals surface area contributed by atoms with Crippen molar-refractivity contribution in [1.29, 1.82) is 5.26 Å². The molecule has 0 aromatic carbocycles. The molecule has 1 aromatic rings. The van der Waals surface area contributed by atoms with Gasteiger partial charge in [0.2, 0.25) is 0 Å². The van der Waals surface area contributed by atoms with E-state index in [0.29, 0.717) is 5.92 Å². The van der Waals surface area contributed by atoms with Crippen LogP contribution in [0.15, 0.2) is 18.3 Å². The Hall–Kier alpha value is -1.47. The van der Waals surface area contributed by atoms with E-state index in [0.717, 1.165) is 25.2 Å². The number of aromatic nitrogens is 2. The van der Waals surface area contributed by atoms with Gasteiger partial charge in [0.25, 0.3) is 0 Å². The van der Waals surface area contributed by atoms with Crippen LogP contribution >= 0.6 is 0 Å². The number of rotatable bonds is 2. The minimum atomic E-state index is -0.108. The third-order valence-electron chi connectivity index (χ3n) is 2.95. The second-order valence-electron chi connectivity index (χ2n) is 4.07. The van der Waals surface area contributed by atoms with Crippen LogP contribution < -0.4 is 0 Å². The summed E-state index contributed by atoms with van der Waals surface area (Å²) in [6.07, 6.45) is 2.71. The molecular formula is C11H14N4. The van der Waals surface area contributed by atoms with Gasteiger partial charge in [-0.15, -0.1) is 0 Å². The molecule has 4 nitrogen and oxygen atoms in total. The molecule has 0 radical (unpaired) electrons. The Bertz CT molecular complexity index is 357. The molecule has 1 fully saturated rings. The molecule has 0 bridgehead atoms. The highest BCUT2D eigenvalue weighted by Gasteiger charge is 2.29. The average Bonchev–Trinajstić information content (AvgIpc) is 2.68. The van der Waals surface area contributed by atoms with Crippen LogP contribution in [0, 0.1) is 17.2 Å². The second-order valence-corrected chi connectivity index (χ2v) is 4.07. The van der Waals surface area contributed by atoms with Crippen LogP contribution in [-0.2, 0) is 0 Å². The highest BCUT2D eigenvalue weighted by Crippen LogP contribution is 2.29. The Morgan fingerprint density at radius 1 is 1.67 bits per heavy atom. The number of nitriles is 1. The van der Waals surface area contributed by atoms with Gasteiger partial charge in [-0.2, -0.15) is 15.5 Å². The fourth-order valence-electron chi connectivity index (χ4n) is 2.13. The van der Waals surface area contributed by atoms with E-state index in [1.54, 1.807) is 6.20 Å². The van der Waals surface area contributed by atoms with Gasteiger partial charge >= 0.3 is 0 Å². The number of hydrogen-bond donors (Lipinski definition) is 0. The van der Waals surface area contributed by atoms with Gasteiger partial charge in [0.15, 0.2) is 0 Å². The van der Waals surface area contributed by atoms with Crippen molar-refractivity contribution >= 4 is 0 Å². The molecule has 2 atom stereocenters. The van der Waals surface area contributed by atoms with E-state index in [1.807, 2.05) is 12.1 Å². The van der Waals surface area contributed by atoms with E-state index in [-0.39, 0.29) is 5.92 Å². The quantitative estimate of drug-likeness (QED) is 0.719. The largest absolute Gasteiger partial charge is 0.306 e. The van der Waals surface area contributed by atoms with Gasteiger partial charge in [0, 0.05) is 12.7 Å². The third-order valence-corrected chi connectivity index (χ3v) is 2.95. The van der Waals surface area contributed by atoms with E-state index in [1.165, 1.54) is 0 Å². The summed E-state index contributed by atoms with van der Waals surface area (Å²) in [5.41, 5.74) is 0.806. The Kier molecular flexibility index (Phi) is 2.93. The normalized spacial score (nSPS) is 23.6. The van der Waals surface area contributed by atoms with Crippen molar-refractivity contribution in [2.45, 2.75) is 12.3 Å². The van der Waals surface area contributed by atoms with E-state index >= 15 is 0 Å². The summed E-state index contributed by atoms with van der Waals surface area (Å²) in [5, 5.41) is 17.0. The van der Waals surface area contributed by atoms with Crippen LogP contribution in [-0.4, -0.2) is 35.2 Å². The first-order chi connectivity index (χ1) is 7.31. The maximum atomic E-state index is 9.19. The van der Waals surface area contributed by atoms with Gasteiger partial charge in [-0.25, -0.2) is 0 Å². The highest BCUT2D eigenvalue weighted by atomic mass is 15.1. The predicted octanol–water partition coefficient (Wildman–Crippen LogP) is 1.04. The molecule has 15 heavy (non-hydrogen) atoms. The highest BCUT2D eigenvalue weighted by molar-refractivity contribution is 5.17. The molecule has 2 unspecified atom stereocenters. The Morgan fingerprint density at radius 3 is 3.07 bits per heavy atom. The SMILES string of the molecule is CN1CCC(C(C#N)c2cccnn2)C1.